The van der Waals surface area contributed by atoms with Crippen LogP contribution in [0.5, 0.6) is 11.5 Å². The summed E-state index contributed by atoms with van der Waals surface area (Å²) in [6, 6.07) is 9.27. The molecule has 4 N–H and O–H groups in total. The molecule has 0 amide bonds. The molecule has 1 aromatic heterocycles. The molecule has 0 bridgehead atoms. The van der Waals surface area contributed by atoms with E-state index in [2.05, 4.69) is 9.97 Å². The quantitative estimate of drug-likeness (QED) is 0.708. The molecule has 0 unspecified atom stereocenters. The Bertz CT molecular complexity index is 931. The molecule has 0 aliphatic rings. The van der Waals surface area contributed by atoms with E-state index in [-0.39, 0.29) is 0 Å². The van der Waals surface area contributed by atoms with Crippen LogP contribution < -0.4 is 20.9 Å². The summed E-state index contributed by atoms with van der Waals surface area (Å²) in [5.41, 5.74) is 15.1. The van der Waals surface area contributed by atoms with Crippen molar-refractivity contribution in [2.75, 3.05) is 25.7 Å². The van der Waals surface area contributed by atoms with Gasteiger partial charge in [0.1, 0.15) is 23.6 Å². The first-order chi connectivity index (χ1) is 12.0. The molecule has 0 saturated heterocycles. The summed E-state index contributed by atoms with van der Waals surface area (Å²) in [5.74, 6) is 0.599. The second-order valence-electron chi connectivity index (χ2n) is 5.28. The van der Waals surface area contributed by atoms with Crippen molar-refractivity contribution in [2.24, 2.45) is 0 Å². The van der Waals surface area contributed by atoms with Gasteiger partial charge >= 0.3 is 0 Å². The van der Waals surface area contributed by atoms with Crippen molar-refractivity contribution in [3.8, 4) is 34.0 Å². The number of methoxy groups -OCH3 is 2. The normalized spacial score (nSPS) is 10.5. The van der Waals surface area contributed by atoms with Crippen molar-refractivity contribution >= 4 is 11.4 Å². The third-order valence-electron chi connectivity index (χ3n) is 3.82. The molecule has 0 aliphatic heterocycles. The van der Waals surface area contributed by atoms with Gasteiger partial charge in [-0.1, -0.05) is 0 Å². The Balaban J connectivity index is 2.18. The standard InChI is InChI=1S/C18H17FN4O2/c1-24-15-5-3-10(19)7-11(15)13-8-14(23-9-22-13)17-12(20)4-6-16(25-2)18(17)21/h3-9H,20-21H2,1-2H3. The monoisotopic (exact) mass is 340 g/mol. The van der Waals surface area contributed by atoms with E-state index in [4.69, 9.17) is 20.9 Å². The van der Waals surface area contributed by atoms with Crippen LogP contribution in [-0.4, -0.2) is 24.2 Å². The van der Waals surface area contributed by atoms with Gasteiger partial charge in [-0.2, -0.15) is 0 Å². The molecule has 7 heteroatoms. The maximum absolute atomic E-state index is 13.7. The average molecular weight is 340 g/mol. The number of nitrogens with zero attached hydrogens (tertiary/aromatic N) is 2. The lowest BCUT2D eigenvalue weighted by molar-refractivity contribution is 0.415. The van der Waals surface area contributed by atoms with Crippen LogP contribution in [0.15, 0.2) is 42.7 Å². The number of rotatable bonds is 4. The van der Waals surface area contributed by atoms with E-state index in [0.717, 1.165) is 0 Å². The lowest BCUT2D eigenvalue weighted by Gasteiger charge is -2.13. The summed E-state index contributed by atoms with van der Waals surface area (Å²) in [4.78, 5) is 8.47. The highest BCUT2D eigenvalue weighted by Gasteiger charge is 2.16. The van der Waals surface area contributed by atoms with Crippen molar-refractivity contribution in [3.05, 3.63) is 48.5 Å². The number of benzene rings is 2. The zero-order chi connectivity index (χ0) is 18.0. The third kappa shape index (κ3) is 3.03. The molecule has 0 fully saturated rings. The molecule has 6 nitrogen and oxygen atoms in total. The van der Waals surface area contributed by atoms with Crippen LogP contribution >= 0.6 is 0 Å². The summed E-state index contributed by atoms with van der Waals surface area (Å²) < 4.78 is 24.2. The van der Waals surface area contributed by atoms with Gasteiger partial charge < -0.3 is 20.9 Å². The lowest BCUT2D eigenvalue weighted by Crippen LogP contribution is -2.01. The van der Waals surface area contributed by atoms with Crippen LogP contribution in [0.1, 0.15) is 0 Å². The molecule has 0 spiro atoms. The molecule has 25 heavy (non-hydrogen) atoms. The number of hydrogen-bond donors (Lipinski definition) is 2. The SMILES string of the molecule is COc1ccc(F)cc1-c1cc(-c2c(N)ccc(OC)c2N)ncn1. The van der Waals surface area contributed by atoms with E-state index in [1.165, 1.54) is 32.7 Å². The van der Waals surface area contributed by atoms with Gasteiger partial charge in [-0.05, 0) is 36.4 Å². The van der Waals surface area contributed by atoms with E-state index in [0.29, 0.717) is 45.4 Å². The Morgan fingerprint density at radius 2 is 1.56 bits per heavy atom. The summed E-state index contributed by atoms with van der Waals surface area (Å²) in [5, 5.41) is 0. The molecule has 0 radical (unpaired) electrons. The van der Waals surface area contributed by atoms with Crippen LogP contribution in [0.4, 0.5) is 15.8 Å². The Hall–Kier alpha value is -3.35. The Morgan fingerprint density at radius 3 is 2.28 bits per heavy atom. The number of nitrogen functional groups attached to an aromatic ring is 2. The van der Waals surface area contributed by atoms with Crippen molar-refractivity contribution in [1.82, 2.24) is 9.97 Å². The zero-order valence-electron chi connectivity index (χ0n) is 13.8. The van der Waals surface area contributed by atoms with E-state index >= 15 is 0 Å². The molecule has 2 aromatic carbocycles. The van der Waals surface area contributed by atoms with Crippen molar-refractivity contribution in [3.63, 3.8) is 0 Å². The smallest absolute Gasteiger partial charge is 0.142 e. The van der Waals surface area contributed by atoms with Gasteiger partial charge in [0.25, 0.3) is 0 Å². The van der Waals surface area contributed by atoms with Gasteiger partial charge in [0.15, 0.2) is 0 Å². The van der Waals surface area contributed by atoms with E-state index in [1.807, 2.05) is 0 Å². The zero-order valence-corrected chi connectivity index (χ0v) is 13.8. The fraction of sp³-hybridized carbons (Fsp3) is 0.111. The maximum atomic E-state index is 13.7. The largest absolute Gasteiger partial charge is 0.496 e. The number of halogens is 1. The topological polar surface area (TPSA) is 96.3 Å². The van der Waals surface area contributed by atoms with Crippen LogP contribution in [-0.2, 0) is 0 Å². The third-order valence-corrected chi connectivity index (χ3v) is 3.82. The number of hydrogen-bond acceptors (Lipinski definition) is 6. The number of aromatic nitrogens is 2. The van der Waals surface area contributed by atoms with Gasteiger partial charge in [-0.25, -0.2) is 14.4 Å². The highest BCUT2D eigenvalue weighted by atomic mass is 19.1. The molecule has 3 rings (SSSR count). The molecule has 0 aliphatic carbocycles. The minimum absolute atomic E-state index is 0.373. The van der Waals surface area contributed by atoms with Crippen molar-refractivity contribution < 1.29 is 13.9 Å². The summed E-state index contributed by atoms with van der Waals surface area (Å²) in [6.45, 7) is 0. The van der Waals surface area contributed by atoms with Crippen molar-refractivity contribution in [2.45, 2.75) is 0 Å². The first kappa shape index (κ1) is 16.5. The molecular weight excluding hydrogens is 323 g/mol. The molecular formula is C18H17FN4O2. The lowest BCUT2D eigenvalue weighted by atomic mass is 10.0. The fourth-order valence-electron chi connectivity index (χ4n) is 2.60. The second-order valence-corrected chi connectivity index (χ2v) is 5.28. The Labute approximate surface area is 144 Å². The predicted molar refractivity (Wildman–Crippen MR) is 94.8 cm³/mol. The summed E-state index contributed by atoms with van der Waals surface area (Å²) in [7, 11) is 3.03. The Kier molecular flexibility index (Phi) is 4.38. The molecule has 128 valence electrons. The van der Waals surface area contributed by atoms with E-state index in [9.17, 15) is 4.39 Å². The van der Waals surface area contributed by atoms with E-state index in [1.54, 1.807) is 24.3 Å². The highest BCUT2D eigenvalue weighted by Crippen LogP contribution is 2.38. The minimum atomic E-state index is -0.392. The second kappa shape index (κ2) is 6.64. The van der Waals surface area contributed by atoms with Gasteiger partial charge in [0, 0.05) is 11.3 Å². The summed E-state index contributed by atoms with van der Waals surface area (Å²) in [6.07, 6.45) is 1.37. The van der Waals surface area contributed by atoms with Crippen LogP contribution in [0.25, 0.3) is 22.5 Å². The average Bonchev–Trinajstić information content (AvgIpc) is 2.62. The maximum Gasteiger partial charge on any atom is 0.142 e. The first-order valence-electron chi connectivity index (χ1n) is 7.43. The van der Waals surface area contributed by atoms with Crippen molar-refractivity contribution in [1.29, 1.82) is 0 Å². The Morgan fingerprint density at radius 1 is 0.880 bits per heavy atom. The van der Waals surface area contributed by atoms with Gasteiger partial charge in [0.05, 0.1) is 36.9 Å². The predicted octanol–water partition coefficient (Wildman–Crippen LogP) is 3.13. The number of nitrogens with two attached hydrogens (primary N) is 2. The van der Waals surface area contributed by atoms with Crippen LogP contribution in [0, 0.1) is 5.82 Å². The molecule has 0 saturated carbocycles. The molecule has 3 aromatic rings. The van der Waals surface area contributed by atoms with Gasteiger partial charge in [0.2, 0.25) is 0 Å². The van der Waals surface area contributed by atoms with Gasteiger partial charge in [-0.3, -0.25) is 0 Å². The highest BCUT2D eigenvalue weighted by molar-refractivity contribution is 5.89. The molecule has 1 heterocycles. The van der Waals surface area contributed by atoms with Crippen LogP contribution in [0.2, 0.25) is 0 Å². The number of anilines is 2. The number of ether oxygens (including phenoxy) is 2. The first-order valence-corrected chi connectivity index (χ1v) is 7.43. The van der Waals surface area contributed by atoms with Gasteiger partial charge in [-0.15, -0.1) is 0 Å². The fourth-order valence-corrected chi connectivity index (χ4v) is 2.60. The molecule has 0 atom stereocenters. The minimum Gasteiger partial charge on any atom is -0.496 e. The van der Waals surface area contributed by atoms with Crippen LogP contribution in [0.3, 0.4) is 0 Å². The summed E-state index contributed by atoms with van der Waals surface area (Å²) >= 11 is 0. The van der Waals surface area contributed by atoms with E-state index < -0.39 is 5.82 Å².